The molecule has 2 unspecified atom stereocenters. The molecule has 0 saturated carbocycles. The molecule has 0 heterocycles. The SMILES string of the molecule is CC/C=C\C/C=C\C/C=C\C/C=C\C/C=C\C/C=C\CCCCCCCCCCCCCCCCCCCCCCC(=O)OC(COC(=O)CCCCCCCCCCCCCCCCCCCCC/C=C\C/C=C\C/C=C\C/C=C\C/C=C\CC)COC(OCC[N+](C)(C)C)C(=O)[O-]. The lowest BCUT2D eigenvalue weighted by Gasteiger charge is -2.26. The van der Waals surface area contributed by atoms with Gasteiger partial charge < -0.3 is 33.3 Å². The first-order valence-corrected chi connectivity index (χ1v) is 41.3. The maximum atomic E-state index is 13.0. The van der Waals surface area contributed by atoms with E-state index in [0.29, 0.717) is 23.9 Å². The molecule has 0 aromatic rings. The van der Waals surface area contributed by atoms with E-state index in [9.17, 15) is 19.5 Å². The van der Waals surface area contributed by atoms with Crippen LogP contribution in [0.25, 0.3) is 0 Å². The number of likely N-dealkylation sites (N-methyl/N-ethyl adjacent to an activating group) is 1. The minimum Gasteiger partial charge on any atom is -0.545 e. The summed E-state index contributed by atoms with van der Waals surface area (Å²) in [7, 11) is 5.94. The highest BCUT2D eigenvalue weighted by atomic mass is 16.7. The lowest BCUT2D eigenvalue weighted by Crippen LogP contribution is -2.44. The summed E-state index contributed by atoms with van der Waals surface area (Å²) in [5.41, 5.74) is 0. The number of esters is 2. The predicted molar refractivity (Wildman–Crippen MR) is 426 cm³/mol. The summed E-state index contributed by atoms with van der Waals surface area (Å²) in [6.07, 6.45) is 112. The average Bonchev–Trinajstić information content (AvgIpc) is 1.14. The Morgan fingerprint density at radius 1 is 0.303 bits per heavy atom. The first-order valence-electron chi connectivity index (χ1n) is 41.3. The molecule has 99 heavy (non-hydrogen) atoms. The van der Waals surface area contributed by atoms with E-state index in [1.807, 2.05) is 21.1 Å². The van der Waals surface area contributed by atoms with Gasteiger partial charge in [0.05, 0.1) is 40.3 Å². The zero-order valence-corrected chi connectivity index (χ0v) is 65.1. The summed E-state index contributed by atoms with van der Waals surface area (Å²) >= 11 is 0. The Morgan fingerprint density at radius 3 is 0.808 bits per heavy atom. The number of aliphatic carboxylic acids is 1. The first-order chi connectivity index (χ1) is 48.6. The van der Waals surface area contributed by atoms with Gasteiger partial charge in [-0.1, -0.05) is 372 Å². The summed E-state index contributed by atoms with van der Waals surface area (Å²) < 4.78 is 22.9. The van der Waals surface area contributed by atoms with Gasteiger partial charge in [-0.15, -0.1) is 0 Å². The highest BCUT2D eigenvalue weighted by molar-refractivity contribution is 5.70. The van der Waals surface area contributed by atoms with Gasteiger partial charge in [0.2, 0.25) is 0 Å². The maximum Gasteiger partial charge on any atom is 0.306 e. The number of carbonyl (C=O) groups excluding carboxylic acids is 3. The van der Waals surface area contributed by atoms with Crippen LogP contribution in [0.4, 0.5) is 0 Å². The minimum atomic E-state index is -1.63. The summed E-state index contributed by atoms with van der Waals surface area (Å²) in [6, 6.07) is 0. The molecule has 0 bridgehead atoms. The summed E-state index contributed by atoms with van der Waals surface area (Å²) in [6.45, 7) is 4.56. The van der Waals surface area contributed by atoms with Crippen LogP contribution in [0, 0.1) is 0 Å². The quantitative estimate of drug-likeness (QED) is 0.0195. The summed E-state index contributed by atoms with van der Waals surface area (Å²) in [5, 5.41) is 11.9. The van der Waals surface area contributed by atoms with Gasteiger partial charge in [-0.2, -0.15) is 0 Å². The molecule has 0 N–H and O–H groups in total. The van der Waals surface area contributed by atoms with Crippen LogP contribution in [0.3, 0.4) is 0 Å². The third kappa shape index (κ3) is 80.6. The Hall–Kier alpha value is -4.57. The van der Waals surface area contributed by atoms with Crippen LogP contribution in [0.5, 0.6) is 0 Å². The fourth-order valence-electron chi connectivity index (χ4n) is 11.7. The van der Waals surface area contributed by atoms with Gasteiger partial charge in [0, 0.05) is 12.8 Å². The Kier molecular flexibility index (Phi) is 75.5. The monoisotopic (exact) mass is 1380 g/mol. The number of hydrogen-bond donors (Lipinski definition) is 0. The fourth-order valence-corrected chi connectivity index (χ4v) is 11.7. The Morgan fingerprint density at radius 2 is 0.545 bits per heavy atom. The lowest BCUT2D eigenvalue weighted by atomic mass is 10.0. The van der Waals surface area contributed by atoms with E-state index in [0.717, 1.165) is 103 Å². The van der Waals surface area contributed by atoms with E-state index < -0.39 is 24.3 Å². The Bertz CT molecular complexity index is 2100. The molecular formula is C90H155NO8. The van der Waals surface area contributed by atoms with Crippen LogP contribution in [0.2, 0.25) is 0 Å². The molecule has 0 fully saturated rings. The number of hydrogen-bond acceptors (Lipinski definition) is 8. The van der Waals surface area contributed by atoms with Crippen LogP contribution < -0.4 is 5.11 Å². The van der Waals surface area contributed by atoms with Gasteiger partial charge in [0.15, 0.2) is 12.4 Å². The number of unbranched alkanes of at least 4 members (excludes halogenated alkanes) is 39. The number of rotatable bonds is 76. The van der Waals surface area contributed by atoms with Crippen LogP contribution in [-0.2, 0) is 33.3 Å². The topological polar surface area (TPSA) is 111 Å². The predicted octanol–water partition coefficient (Wildman–Crippen LogP) is 25.5. The minimum absolute atomic E-state index is 0.146. The van der Waals surface area contributed by atoms with Gasteiger partial charge in [-0.3, -0.25) is 9.59 Å². The maximum absolute atomic E-state index is 13.0. The zero-order valence-electron chi connectivity index (χ0n) is 65.1. The largest absolute Gasteiger partial charge is 0.545 e. The standard InChI is InChI=1S/C90H155NO8/c1-6-8-10-12-14-16-18-20-22-24-26-28-30-32-34-36-38-40-42-43-44-45-47-49-51-53-55-57-59-61-63-65-67-69-71-73-75-77-79-81-88(93)99-86(85-98-90(89(94)95)96-83-82-91(3,4)5)84-97-87(92)80-78-76-74-72-70-68-66-64-62-60-58-56-54-52-50-48-46-41-39-37-35-33-31-29-27-25-23-21-19-17-15-13-11-9-7-2/h8-11,14-17,20-23,26-29,32-35,38,40,86,90H,6-7,12-13,18-19,24-25,30-31,36-37,39,41-85H2,1-5H3/b10-8-,11-9-,16-14-,17-15-,22-20-,23-21-,28-26-,29-27-,34-32-,35-33-,40-38-. The lowest BCUT2D eigenvalue weighted by molar-refractivity contribution is -0.870. The molecule has 0 radical (unpaired) electrons. The second-order valence-corrected chi connectivity index (χ2v) is 28.7. The number of carboxylic acid groups (broad SMARTS) is 1. The number of allylic oxidation sites excluding steroid dienone is 22. The number of quaternary nitrogens is 1. The van der Waals surface area contributed by atoms with E-state index >= 15 is 0 Å². The van der Waals surface area contributed by atoms with Crippen LogP contribution in [0.1, 0.15) is 361 Å². The third-order valence-electron chi connectivity index (χ3n) is 17.9. The van der Waals surface area contributed by atoms with Crippen LogP contribution >= 0.6 is 0 Å². The van der Waals surface area contributed by atoms with Crippen molar-refractivity contribution in [1.29, 1.82) is 0 Å². The second kappa shape index (κ2) is 79.1. The van der Waals surface area contributed by atoms with E-state index in [4.69, 9.17) is 18.9 Å². The Balaban J connectivity index is 3.99. The summed E-state index contributed by atoms with van der Waals surface area (Å²) in [4.78, 5) is 37.7. The van der Waals surface area contributed by atoms with Crippen molar-refractivity contribution in [3.8, 4) is 0 Å². The van der Waals surface area contributed by atoms with Crippen molar-refractivity contribution < 1.29 is 42.9 Å². The highest BCUT2D eigenvalue weighted by Gasteiger charge is 2.22. The van der Waals surface area contributed by atoms with E-state index in [-0.39, 0.29) is 32.2 Å². The Labute approximate surface area is 611 Å². The molecule has 568 valence electrons. The molecule has 9 nitrogen and oxygen atoms in total. The van der Waals surface area contributed by atoms with E-state index in [2.05, 4.69) is 148 Å². The van der Waals surface area contributed by atoms with Crippen LogP contribution in [-0.4, -0.2) is 82.3 Å². The summed E-state index contributed by atoms with van der Waals surface area (Å²) in [5.74, 6) is -2.26. The second-order valence-electron chi connectivity index (χ2n) is 28.7. The third-order valence-corrected chi connectivity index (χ3v) is 17.9. The average molecular weight is 1380 g/mol. The number of nitrogens with zero attached hydrogens (tertiary/aromatic N) is 1. The molecular weight excluding hydrogens is 1220 g/mol. The van der Waals surface area contributed by atoms with Crippen molar-refractivity contribution in [2.75, 3.05) is 47.5 Å². The van der Waals surface area contributed by atoms with Crippen molar-refractivity contribution in [1.82, 2.24) is 0 Å². The van der Waals surface area contributed by atoms with Gasteiger partial charge in [0.1, 0.15) is 13.2 Å². The molecule has 0 aromatic heterocycles. The highest BCUT2D eigenvalue weighted by Crippen LogP contribution is 2.19. The molecule has 2 atom stereocenters. The number of carboxylic acids is 1. The van der Waals surface area contributed by atoms with Crippen molar-refractivity contribution >= 4 is 17.9 Å². The normalized spacial score (nSPS) is 13.3. The molecule has 9 heteroatoms. The molecule has 0 aliphatic rings. The smallest absolute Gasteiger partial charge is 0.306 e. The van der Waals surface area contributed by atoms with Crippen molar-refractivity contribution in [3.63, 3.8) is 0 Å². The van der Waals surface area contributed by atoms with Gasteiger partial charge in [0.25, 0.3) is 0 Å². The van der Waals surface area contributed by atoms with Crippen molar-refractivity contribution in [3.05, 3.63) is 134 Å². The van der Waals surface area contributed by atoms with Gasteiger partial charge >= 0.3 is 11.9 Å². The van der Waals surface area contributed by atoms with E-state index in [1.165, 1.54) is 225 Å². The molecule has 0 spiro atoms. The van der Waals surface area contributed by atoms with Crippen LogP contribution in [0.15, 0.2) is 134 Å². The number of ether oxygens (including phenoxy) is 4. The van der Waals surface area contributed by atoms with E-state index in [1.54, 1.807) is 0 Å². The van der Waals surface area contributed by atoms with Crippen molar-refractivity contribution in [2.24, 2.45) is 0 Å². The molecule has 0 rings (SSSR count). The molecule has 0 saturated heterocycles. The molecule has 0 aliphatic heterocycles. The van der Waals surface area contributed by atoms with Gasteiger partial charge in [-0.25, -0.2) is 0 Å². The van der Waals surface area contributed by atoms with Crippen molar-refractivity contribution in [2.45, 2.75) is 373 Å². The molecule has 0 amide bonds. The molecule has 0 aromatic carbocycles. The fraction of sp³-hybridized carbons (Fsp3) is 0.722. The number of carbonyl (C=O) groups is 3. The molecule has 0 aliphatic carbocycles. The van der Waals surface area contributed by atoms with Gasteiger partial charge in [-0.05, 0) is 109 Å². The zero-order chi connectivity index (χ0) is 71.8. The first kappa shape index (κ1) is 94.4.